The van der Waals surface area contributed by atoms with Crippen LogP contribution in [0.25, 0.3) is 22.0 Å². The third-order valence-corrected chi connectivity index (χ3v) is 8.28. The minimum atomic E-state index is -0.529. The van der Waals surface area contributed by atoms with Crippen LogP contribution in [0, 0.1) is 5.82 Å². The largest absolute Gasteiger partial charge is 0.488 e. The molecule has 3 aliphatic rings. The first-order valence-corrected chi connectivity index (χ1v) is 13.5. The summed E-state index contributed by atoms with van der Waals surface area (Å²) in [5, 5.41) is 0.883. The van der Waals surface area contributed by atoms with E-state index in [1.54, 1.807) is 21.6 Å². The zero-order valence-electron chi connectivity index (χ0n) is 21.7. The quantitative estimate of drug-likeness (QED) is 0.383. The lowest BCUT2D eigenvalue weighted by atomic mass is 9.98. The van der Waals surface area contributed by atoms with Gasteiger partial charge in [0.15, 0.2) is 5.75 Å². The first-order chi connectivity index (χ1) is 18.8. The average molecular weight is 553 g/mol. The van der Waals surface area contributed by atoms with Gasteiger partial charge >= 0.3 is 5.69 Å². The fraction of sp³-hybridized carbons (Fsp3) is 0.393. The van der Waals surface area contributed by atoms with Crippen molar-refractivity contribution in [1.29, 1.82) is 0 Å². The standard InChI is InChI=1S/C28H30ClFN6O3/c1-3-22(37)34-10-11-35(16(2)13-34)27-18-12-19(29)23(24-20(30)6-4-7-21(24)31)26-25(18)36(28(38)32-27)17(15-39-26)14-33-8-5-9-33/h3-4,6-7,12,16-17H,1,5,8-11,13-15,31H2,2H3/t16-,17?/m0/s1. The van der Waals surface area contributed by atoms with E-state index >= 15 is 4.39 Å². The summed E-state index contributed by atoms with van der Waals surface area (Å²) in [5.41, 5.74) is 7.03. The molecule has 11 heteroatoms. The maximum Gasteiger partial charge on any atom is 0.350 e. The van der Waals surface area contributed by atoms with Crippen LogP contribution in [0.15, 0.2) is 41.7 Å². The summed E-state index contributed by atoms with van der Waals surface area (Å²) in [4.78, 5) is 36.6. The molecule has 6 rings (SSSR count). The molecule has 2 N–H and O–H groups in total. The van der Waals surface area contributed by atoms with Gasteiger partial charge in [0.1, 0.15) is 18.2 Å². The molecule has 9 nitrogen and oxygen atoms in total. The van der Waals surface area contributed by atoms with Gasteiger partial charge in [-0.2, -0.15) is 4.98 Å². The second-order valence-corrected chi connectivity index (χ2v) is 10.8. The molecular formula is C28H30ClFN6O3. The highest BCUT2D eigenvalue weighted by Crippen LogP contribution is 2.48. The summed E-state index contributed by atoms with van der Waals surface area (Å²) in [6, 6.07) is 5.81. The number of benzene rings is 2. The van der Waals surface area contributed by atoms with Gasteiger partial charge in [-0.1, -0.05) is 24.2 Å². The Labute approximate surface area is 230 Å². The molecule has 3 aliphatic heterocycles. The zero-order chi connectivity index (χ0) is 27.4. The third-order valence-electron chi connectivity index (χ3n) is 7.98. The van der Waals surface area contributed by atoms with Crippen LogP contribution >= 0.6 is 11.6 Å². The fourth-order valence-corrected chi connectivity index (χ4v) is 6.20. The number of likely N-dealkylation sites (tertiary alicyclic amines) is 1. The Balaban J connectivity index is 1.57. The second-order valence-electron chi connectivity index (χ2n) is 10.4. The van der Waals surface area contributed by atoms with Crippen LogP contribution in [-0.2, 0) is 4.79 Å². The van der Waals surface area contributed by atoms with Gasteiger partial charge in [-0.15, -0.1) is 0 Å². The monoisotopic (exact) mass is 552 g/mol. The molecule has 2 fully saturated rings. The van der Waals surface area contributed by atoms with E-state index in [9.17, 15) is 9.59 Å². The number of aromatic nitrogens is 2. The Bertz CT molecular complexity index is 1530. The van der Waals surface area contributed by atoms with E-state index in [0.29, 0.717) is 54.2 Å². The Morgan fingerprint density at radius 1 is 1.28 bits per heavy atom. The number of anilines is 2. The average Bonchev–Trinajstić information content (AvgIpc) is 2.89. The van der Waals surface area contributed by atoms with E-state index in [4.69, 9.17) is 22.1 Å². The molecule has 0 spiro atoms. The number of nitrogens with zero attached hydrogens (tertiary/aromatic N) is 5. The molecule has 1 unspecified atom stereocenters. The number of rotatable bonds is 5. The smallest absolute Gasteiger partial charge is 0.350 e. The molecule has 2 atom stereocenters. The maximum absolute atomic E-state index is 15.2. The summed E-state index contributed by atoms with van der Waals surface area (Å²) in [7, 11) is 0. The summed E-state index contributed by atoms with van der Waals surface area (Å²) >= 11 is 6.86. The molecular weight excluding hydrogens is 523 g/mol. The van der Waals surface area contributed by atoms with Crippen molar-refractivity contribution in [3.63, 3.8) is 0 Å². The third kappa shape index (κ3) is 4.22. The number of piperazine rings is 1. The number of nitrogens with two attached hydrogens (primary N) is 1. The lowest BCUT2D eigenvalue weighted by molar-refractivity contribution is -0.126. The Hall–Kier alpha value is -3.63. The fourth-order valence-electron chi connectivity index (χ4n) is 5.91. The van der Waals surface area contributed by atoms with Crippen LogP contribution < -0.4 is 21.1 Å². The molecule has 39 heavy (non-hydrogen) atoms. The molecule has 1 aromatic heterocycles. The first kappa shape index (κ1) is 25.6. The normalized spacial score (nSPS) is 21.0. The van der Waals surface area contributed by atoms with Gasteiger partial charge < -0.3 is 25.2 Å². The highest BCUT2D eigenvalue weighted by molar-refractivity contribution is 6.35. The van der Waals surface area contributed by atoms with Crippen LogP contribution in [0.5, 0.6) is 5.75 Å². The van der Waals surface area contributed by atoms with Crippen LogP contribution in [0.1, 0.15) is 19.4 Å². The van der Waals surface area contributed by atoms with Crippen molar-refractivity contribution in [2.75, 3.05) is 56.5 Å². The number of carbonyl (C=O) groups excluding carboxylic acids is 1. The Kier molecular flexibility index (Phi) is 6.47. The van der Waals surface area contributed by atoms with Crippen molar-refractivity contribution in [2.24, 2.45) is 0 Å². The van der Waals surface area contributed by atoms with E-state index in [0.717, 1.165) is 19.5 Å². The van der Waals surface area contributed by atoms with Crippen molar-refractivity contribution < 1.29 is 13.9 Å². The van der Waals surface area contributed by atoms with Gasteiger partial charge in [-0.3, -0.25) is 9.36 Å². The number of hydrogen-bond acceptors (Lipinski definition) is 7. The van der Waals surface area contributed by atoms with Crippen molar-refractivity contribution in [2.45, 2.75) is 25.4 Å². The van der Waals surface area contributed by atoms with Gasteiger partial charge in [-0.25, -0.2) is 9.18 Å². The van der Waals surface area contributed by atoms with E-state index in [-0.39, 0.29) is 40.9 Å². The highest BCUT2D eigenvalue weighted by atomic mass is 35.5. The zero-order valence-corrected chi connectivity index (χ0v) is 22.5. The topological polar surface area (TPSA) is 96.9 Å². The van der Waals surface area contributed by atoms with Crippen LogP contribution in [0.3, 0.4) is 0 Å². The second kappa shape index (κ2) is 9.84. The van der Waals surface area contributed by atoms with Crippen LogP contribution in [0.2, 0.25) is 5.02 Å². The van der Waals surface area contributed by atoms with Crippen molar-refractivity contribution in [3.05, 3.63) is 58.2 Å². The minimum absolute atomic E-state index is 0.126. The summed E-state index contributed by atoms with van der Waals surface area (Å²) in [6.45, 7) is 9.76. The van der Waals surface area contributed by atoms with Crippen molar-refractivity contribution in [1.82, 2.24) is 19.4 Å². The SMILES string of the molecule is C=CC(=O)N1CCN(c2nc(=O)n3c4c(c(-c5c(N)cccc5F)c(Cl)cc24)OCC3CN2CCC2)[C@@H](C)C1. The van der Waals surface area contributed by atoms with Crippen LogP contribution in [0.4, 0.5) is 15.9 Å². The van der Waals surface area contributed by atoms with Crippen molar-refractivity contribution in [3.8, 4) is 16.9 Å². The maximum atomic E-state index is 15.2. The Morgan fingerprint density at radius 2 is 2.08 bits per heavy atom. The molecule has 0 radical (unpaired) electrons. The number of hydrogen-bond donors (Lipinski definition) is 1. The molecule has 0 aliphatic carbocycles. The van der Waals surface area contributed by atoms with Crippen LogP contribution in [-0.4, -0.2) is 77.2 Å². The molecule has 2 aromatic carbocycles. The molecule has 0 bridgehead atoms. The van der Waals surface area contributed by atoms with E-state index in [1.807, 2.05) is 11.8 Å². The van der Waals surface area contributed by atoms with Gasteiger partial charge in [0.2, 0.25) is 5.91 Å². The number of halogens is 2. The Morgan fingerprint density at radius 3 is 2.74 bits per heavy atom. The van der Waals surface area contributed by atoms with Gasteiger partial charge in [0, 0.05) is 54.4 Å². The summed E-state index contributed by atoms with van der Waals surface area (Å²) in [6.07, 6.45) is 2.43. The molecule has 3 aromatic rings. The van der Waals surface area contributed by atoms with Gasteiger partial charge in [-0.05, 0) is 50.7 Å². The molecule has 0 saturated carbocycles. The lowest BCUT2D eigenvalue weighted by Crippen LogP contribution is -2.54. The van der Waals surface area contributed by atoms with Crippen molar-refractivity contribution >= 4 is 39.9 Å². The first-order valence-electron chi connectivity index (χ1n) is 13.1. The van der Waals surface area contributed by atoms with Gasteiger partial charge in [0.25, 0.3) is 0 Å². The molecule has 1 amide bonds. The minimum Gasteiger partial charge on any atom is -0.488 e. The highest BCUT2D eigenvalue weighted by Gasteiger charge is 2.35. The lowest BCUT2D eigenvalue weighted by Gasteiger charge is -2.41. The number of ether oxygens (including phenoxy) is 1. The van der Waals surface area contributed by atoms with E-state index < -0.39 is 11.5 Å². The summed E-state index contributed by atoms with van der Waals surface area (Å²) < 4.78 is 23.2. The molecule has 4 heterocycles. The van der Waals surface area contributed by atoms with E-state index in [1.165, 1.54) is 18.2 Å². The predicted octanol–water partition coefficient (Wildman–Crippen LogP) is 3.30. The van der Waals surface area contributed by atoms with Gasteiger partial charge in [0.05, 0.1) is 16.6 Å². The van der Waals surface area contributed by atoms with E-state index in [2.05, 4.69) is 16.5 Å². The molecule has 2 saturated heterocycles. The summed E-state index contributed by atoms with van der Waals surface area (Å²) in [5.74, 6) is 0.124. The molecule has 204 valence electrons. The number of carbonyl (C=O) groups is 1. The number of amides is 1. The predicted molar refractivity (Wildman–Crippen MR) is 150 cm³/mol. The number of nitrogen functional groups attached to an aromatic ring is 1.